The number of hydrogen-bond acceptors (Lipinski definition) is 4. The molecule has 8 heteroatoms. The number of rotatable bonds is 5. The Morgan fingerprint density at radius 2 is 2.15 bits per heavy atom. The monoisotopic (exact) mass is 333 g/mol. The number of nitrogens with zero attached hydrogens (tertiary/aromatic N) is 2. The molecule has 20 heavy (non-hydrogen) atoms. The summed E-state index contributed by atoms with van der Waals surface area (Å²) in [6.45, 7) is 0.600. The Hall–Kier alpha value is -0.860. The maximum absolute atomic E-state index is 12.5. The van der Waals surface area contributed by atoms with Gasteiger partial charge in [0.1, 0.15) is 4.90 Å². The minimum Gasteiger partial charge on any atom is -0.352 e. The maximum atomic E-state index is 12.5. The van der Waals surface area contributed by atoms with Gasteiger partial charge in [-0.2, -0.15) is 4.31 Å². The first-order valence-electron chi connectivity index (χ1n) is 5.90. The largest absolute Gasteiger partial charge is 0.352 e. The summed E-state index contributed by atoms with van der Waals surface area (Å²) in [5.74, 6) is 0. The number of thiophene rings is 1. The third-order valence-electron chi connectivity index (χ3n) is 3.01. The van der Waals surface area contributed by atoms with Gasteiger partial charge in [-0.3, -0.25) is 0 Å². The molecule has 0 fully saturated rings. The van der Waals surface area contributed by atoms with Crippen LogP contribution in [0.3, 0.4) is 0 Å². The van der Waals surface area contributed by atoms with Crippen molar-refractivity contribution in [3.8, 4) is 0 Å². The highest BCUT2D eigenvalue weighted by Gasteiger charge is 2.23. The molecule has 0 aliphatic heterocycles. The van der Waals surface area contributed by atoms with E-state index in [1.54, 1.807) is 37.0 Å². The summed E-state index contributed by atoms with van der Waals surface area (Å²) >= 11 is 7.23. The standard InChI is InChI=1S/C12H16ClN3O2S2/c1-15-8-11(5-9(15)6-14)20(17,18)16(2)7-10-3-4-12(13)19-10/h3-5,8H,6-7,14H2,1-2H3. The minimum atomic E-state index is -3.52. The van der Waals surface area contributed by atoms with Crippen LogP contribution < -0.4 is 5.73 Å². The molecule has 0 saturated carbocycles. The summed E-state index contributed by atoms with van der Waals surface area (Å²) in [6.07, 6.45) is 1.58. The Balaban J connectivity index is 2.24. The molecule has 0 aliphatic carbocycles. The Morgan fingerprint density at radius 1 is 1.45 bits per heavy atom. The van der Waals surface area contributed by atoms with Crippen molar-refractivity contribution >= 4 is 33.0 Å². The van der Waals surface area contributed by atoms with Gasteiger partial charge in [0.15, 0.2) is 0 Å². The third-order valence-corrected chi connectivity index (χ3v) is 5.99. The van der Waals surface area contributed by atoms with Gasteiger partial charge < -0.3 is 10.3 Å². The van der Waals surface area contributed by atoms with E-state index in [1.165, 1.54) is 15.6 Å². The van der Waals surface area contributed by atoms with E-state index in [0.717, 1.165) is 10.6 Å². The van der Waals surface area contributed by atoms with Gasteiger partial charge in [0.05, 0.1) is 4.34 Å². The van der Waals surface area contributed by atoms with Gasteiger partial charge in [-0.25, -0.2) is 8.42 Å². The fraction of sp³-hybridized carbons (Fsp3) is 0.333. The quantitative estimate of drug-likeness (QED) is 0.910. The third kappa shape index (κ3) is 3.07. The average molecular weight is 334 g/mol. The van der Waals surface area contributed by atoms with Crippen LogP contribution >= 0.6 is 22.9 Å². The van der Waals surface area contributed by atoms with Crippen LogP contribution in [0.25, 0.3) is 0 Å². The molecule has 0 unspecified atom stereocenters. The lowest BCUT2D eigenvalue weighted by molar-refractivity contribution is 0.469. The predicted molar refractivity (Wildman–Crippen MR) is 81.3 cm³/mol. The van der Waals surface area contributed by atoms with Gasteiger partial charge in [-0.1, -0.05) is 11.6 Å². The lowest BCUT2D eigenvalue weighted by Crippen LogP contribution is -2.25. The van der Waals surface area contributed by atoms with E-state index in [1.807, 2.05) is 6.07 Å². The molecule has 0 saturated heterocycles. The fourth-order valence-electron chi connectivity index (χ4n) is 1.84. The smallest absolute Gasteiger partial charge is 0.244 e. The van der Waals surface area contributed by atoms with Crippen molar-refractivity contribution in [1.29, 1.82) is 0 Å². The highest BCUT2D eigenvalue weighted by molar-refractivity contribution is 7.89. The molecule has 2 aromatic rings. The predicted octanol–water partition coefficient (Wildman–Crippen LogP) is 2.02. The van der Waals surface area contributed by atoms with Gasteiger partial charge in [-0.05, 0) is 18.2 Å². The van der Waals surface area contributed by atoms with Crippen LogP contribution in [0, 0.1) is 0 Å². The van der Waals surface area contributed by atoms with Crippen molar-refractivity contribution in [1.82, 2.24) is 8.87 Å². The topological polar surface area (TPSA) is 68.3 Å². The van der Waals surface area contributed by atoms with Crippen LogP contribution in [-0.4, -0.2) is 24.3 Å². The van der Waals surface area contributed by atoms with Crippen LogP contribution in [0.15, 0.2) is 29.3 Å². The van der Waals surface area contributed by atoms with E-state index < -0.39 is 10.0 Å². The minimum absolute atomic E-state index is 0.255. The molecule has 0 amide bonds. The second kappa shape index (κ2) is 5.87. The lowest BCUT2D eigenvalue weighted by atomic mass is 10.4. The first kappa shape index (κ1) is 15.5. The Labute approximate surface area is 127 Å². The number of nitrogens with two attached hydrogens (primary N) is 1. The highest BCUT2D eigenvalue weighted by Crippen LogP contribution is 2.25. The molecule has 0 atom stereocenters. The van der Waals surface area contributed by atoms with Gasteiger partial charge in [0.2, 0.25) is 10.0 Å². The van der Waals surface area contributed by atoms with Crippen molar-refractivity contribution in [3.63, 3.8) is 0 Å². The first-order valence-corrected chi connectivity index (χ1v) is 8.54. The van der Waals surface area contributed by atoms with Crippen molar-refractivity contribution in [2.75, 3.05) is 7.05 Å². The summed E-state index contributed by atoms with van der Waals surface area (Å²) in [6, 6.07) is 5.19. The van der Waals surface area contributed by atoms with Crippen LogP contribution in [0.4, 0.5) is 0 Å². The Morgan fingerprint density at radius 3 is 2.65 bits per heavy atom. The summed E-state index contributed by atoms with van der Waals surface area (Å²) in [7, 11) is -0.187. The zero-order valence-corrected chi connectivity index (χ0v) is 13.6. The molecule has 2 rings (SSSR count). The normalized spacial score (nSPS) is 12.2. The molecule has 0 radical (unpaired) electrons. The molecule has 2 aromatic heterocycles. The molecule has 0 aromatic carbocycles. The van der Waals surface area contributed by atoms with E-state index in [4.69, 9.17) is 17.3 Å². The highest BCUT2D eigenvalue weighted by atomic mass is 35.5. The second-order valence-corrected chi connectivity index (χ2v) is 8.29. The molecule has 0 bridgehead atoms. The summed E-state index contributed by atoms with van der Waals surface area (Å²) < 4.78 is 28.6. The second-order valence-electron chi connectivity index (χ2n) is 4.45. The summed E-state index contributed by atoms with van der Waals surface area (Å²) in [4.78, 5) is 1.15. The zero-order valence-electron chi connectivity index (χ0n) is 11.2. The summed E-state index contributed by atoms with van der Waals surface area (Å²) in [5, 5.41) is 0. The van der Waals surface area contributed by atoms with Crippen LogP contribution in [0.2, 0.25) is 4.34 Å². The lowest BCUT2D eigenvalue weighted by Gasteiger charge is -2.15. The number of halogens is 1. The van der Waals surface area contributed by atoms with E-state index in [-0.39, 0.29) is 4.90 Å². The van der Waals surface area contributed by atoms with Gasteiger partial charge in [-0.15, -0.1) is 11.3 Å². The number of aryl methyl sites for hydroxylation is 1. The zero-order chi connectivity index (χ0) is 14.9. The van der Waals surface area contributed by atoms with Crippen LogP contribution in [-0.2, 0) is 30.2 Å². The molecule has 0 spiro atoms. The fourth-order valence-corrected chi connectivity index (χ4v) is 4.31. The van der Waals surface area contributed by atoms with Crippen LogP contribution in [0.5, 0.6) is 0 Å². The van der Waals surface area contributed by atoms with E-state index >= 15 is 0 Å². The van der Waals surface area contributed by atoms with Gasteiger partial charge in [0, 0.05) is 44.0 Å². The molecule has 5 nitrogen and oxygen atoms in total. The Bertz CT molecular complexity index is 706. The molecule has 2 heterocycles. The molecule has 2 N–H and O–H groups in total. The molecular weight excluding hydrogens is 318 g/mol. The first-order chi connectivity index (χ1) is 9.34. The molecular formula is C12H16ClN3O2S2. The number of hydrogen-bond donors (Lipinski definition) is 1. The van der Waals surface area contributed by atoms with E-state index in [0.29, 0.717) is 17.4 Å². The number of sulfonamides is 1. The van der Waals surface area contributed by atoms with Crippen molar-refractivity contribution in [3.05, 3.63) is 39.3 Å². The SMILES string of the molecule is CN(Cc1ccc(Cl)s1)S(=O)(=O)c1cc(CN)n(C)c1. The van der Waals surface area contributed by atoms with Crippen molar-refractivity contribution in [2.24, 2.45) is 12.8 Å². The van der Waals surface area contributed by atoms with Crippen LogP contribution in [0.1, 0.15) is 10.6 Å². The van der Waals surface area contributed by atoms with Gasteiger partial charge >= 0.3 is 0 Å². The average Bonchev–Trinajstić information content (AvgIpc) is 2.95. The van der Waals surface area contributed by atoms with E-state index in [2.05, 4.69) is 0 Å². The van der Waals surface area contributed by atoms with Crippen molar-refractivity contribution in [2.45, 2.75) is 18.0 Å². The molecule has 110 valence electrons. The molecule has 0 aliphatic rings. The number of aromatic nitrogens is 1. The van der Waals surface area contributed by atoms with E-state index in [9.17, 15) is 8.42 Å². The maximum Gasteiger partial charge on any atom is 0.244 e. The Kier molecular flexibility index (Phi) is 4.55. The van der Waals surface area contributed by atoms with Crippen molar-refractivity contribution < 1.29 is 8.42 Å². The van der Waals surface area contributed by atoms with Gasteiger partial charge in [0.25, 0.3) is 0 Å². The summed E-state index contributed by atoms with van der Waals surface area (Å²) in [5.41, 5.74) is 6.34.